The number of aromatic nitrogens is 1. The molecule has 0 saturated carbocycles. The summed E-state index contributed by atoms with van der Waals surface area (Å²) in [5.74, 6) is 0. The highest BCUT2D eigenvalue weighted by Gasteiger charge is 2.12. The lowest BCUT2D eigenvalue weighted by atomic mass is 10.0. The normalized spacial score (nSPS) is 12.6. The molecule has 3 heteroatoms. The zero-order valence-electron chi connectivity index (χ0n) is 10.9. The summed E-state index contributed by atoms with van der Waals surface area (Å²) in [5, 5.41) is 10.2. The molecule has 1 aromatic heterocycles. The molecule has 2 nitrogen and oxygen atoms in total. The Balaban J connectivity index is 2.09. The van der Waals surface area contributed by atoms with Gasteiger partial charge in [-0.15, -0.1) is 0 Å². The molecule has 0 saturated heterocycles. The topological polar surface area (TPSA) is 33.1 Å². The summed E-state index contributed by atoms with van der Waals surface area (Å²) in [4.78, 5) is 0.911. The van der Waals surface area contributed by atoms with Crippen LogP contribution in [0.25, 0.3) is 0 Å². The third-order valence-electron chi connectivity index (χ3n) is 3.03. The number of benzene rings is 1. The lowest BCUT2D eigenvalue weighted by Gasteiger charge is -2.09. The summed E-state index contributed by atoms with van der Waals surface area (Å²) in [6.45, 7) is 4.14. The molecule has 1 heterocycles. The molecule has 0 aliphatic heterocycles. The molecule has 18 heavy (non-hydrogen) atoms. The Morgan fingerprint density at radius 2 is 2.00 bits per heavy atom. The summed E-state index contributed by atoms with van der Waals surface area (Å²) in [5.41, 5.74) is 3.25. The van der Waals surface area contributed by atoms with Crippen molar-refractivity contribution in [3.05, 3.63) is 52.0 Å². The average molecular weight is 261 g/mol. The van der Waals surface area contributed by atoms with Gasteiger partial charge in [0.2, 0.25) is 0 Å². The van der Waals surface area contributed by atoms with E-state index in [9.17, 15) is 5.11 Å². The maximum atomic E-state index is 10.2. The first-order valence-corrected chi connectivity index (χ1v) is 7.18. The highest BCUT2D eigenvalue weighted by molar-refractivity contribution is 7.05. The number of aliphatic hydroxyl groups is 1. The van der Waals surface area contributed by atoms with Crippen LogP contribution < -0.4 is 0 Å². The van der Waals surface area contributed by atoms with Crippen molar-refractivity contribution in [2.45, 2.75) is 39.2 Å². The molecule has 0 spiro atoms. The van der Waals surface area contributed by atoms with Gasteiger partial charge in [-0.3, -0.25) is 0 Å². The van der Waals surface area contributed by atoms with Crippen molar-refractivity contribution in [1.29, 1.82) is 0 Å². The van der Waals surface area contributed by atoms with Gasteiger partial charge in [0.25, 0.3) is 0 Å². The van der Waals surface area contributed by atoms with Crippen molar-refractivity contribution in [3.63, 3.8) is 0 Å². The van der Waals surface area contributed by atoms with E-state index in [0.29, 0.717) is 0 Å². The lowest BCUT2D eigenvalue weighted by molar-refractivity contribution is 0.224. The van der Waals surface area contributed by atoms with Crippen LogP contribution in [0.2, 0.25) is 0 Å². The van der Waals surface area contributed by atoms with Crippen LogP contribution in [0.3, 0.4) is 0 Å². The van der Waals surface area contributed by atoms with E-state index in [1.165, 1.54) is 29.9 Å². The first-order valence-electron chi connectivity index (χ1n) is 6.41. The largest absolute Gasteiger partial charge is 0.383 e. The van der Waals surface area contributed by atoms with Gasteiger partial charge >= 0.3 is 0 Å². The van der Waals surface area contributed by atoms with E-state index in [4.69, 9.17) is 0 Å². The minimum absolute atomic E-state index is 0.545. The summed E-state index contributed by atoms with van der Waals surface area (Å²) < 4.78 is 4.20. The number of hydrogen-bond donors (Lipinski definition) is 1. The molecule has 2 aromatic rings. The lowest BCUT2D eigenvalue weighted by Crippen LogP contribution is -1.97. The third-order valence-corrected chi connectivity index (χ3v) is 3.96. The van der Waals surface area contributed by atoms with Crippen LogP contribution in [0, 0.1) is 6.92 Å². The van der Waals surface area contributed by atoms with Crippen LogP contribution in [0.5, 0.6) is 0 Å². The second-order valence-electron chi connectivity index (χ2n) is 4.62. The van der Waals surface area contributed by atoms with Crippen molar-refractivity contribution in [1.82, 2.24) is 4.37 Å². The molecule has 0 radical (unpaired) electrons. The van der Waals surface area contributed by atoms with Gasteiger partial charge in [0.1, 0.15) is 6.10 Å². The summed E-state index contributed by atoms with van der Waals surface area (Å²) in [6, 6.07) is 10.2. The Kier molecular flexibility index (Phi) is 4.50. The molecule has 1 N–H and O–H groups in total. The summed E-state index contributed by atoms with van der Waals surface area (Å²) >= 11 is 1.37. The maximum Gasteiger partial charge on any atom is 0.115 e. The molecule has 2 rings (SSSR count). The maximum absolute atomic E-state index is 10.2. The minimum atomic E-state index is -0.545. The highest BCUT2D eigenvalue weighted by Crippen LogP contribution is 2.26. The van der Waals surface area contributed by atoms with E-state index < -0.39 is 6.10 Å². The predicted molar refractivity (Wildman–Crippen MR) is 76.0 cm³/mol. The number of nitrogens with zero attached hydrogens (tertiary/aromatic N) is 1. The molecule has 96 valence electrons. The van der Waals surface area contributed by atoms with E-state index in [2.05, 4.69) is 23.4 Å². The summed E-state index contributed by atoms with van der Waals surface area (Å²) in [6.07, 6.45) is 3.00. The molecule has 0 aliphatic carbocycles. The van der Waals surface area contributed by atoms with Gasteiger partial charge in [0.15, 0.2) is 0 Å². The second kappa shape index (κ2) is 6.12. The van der Waals surface area contributed by atoms with Gasteiger partial charge in [-0.05, 0) is 48.5 Å². The first kappa shape index (κ1) is 13.2. The molecule has 1 aromatic carbocycles. The zero-order chi connectivity index (χ0) is 13.0. The molecular formula is C15H19NOS. The van der Waals surface area contributed by atoms with E-state index in [1.807, 2.05) is 25.1 Å². The molecule has 0 bridgehead atoms. The van der Waals surface area contributed by atoms with Gasteiger partial charge in [-0.1, -0.05) is 37.6 Å². The van der Waals surface area contributed by atoms with Gasteiger partial charge in [-0.2, -0.15) is 4.37 Å². The number of hydrogen-bond acceptors (Lipinski definition) is 3. The van der Waals surface area contributed by atoms with E-state index >= 15 is 0 Å². The van der Waals surface area contributed by atoms with Crippen LogP contribution in [-0.2, 0) is 6.42 Å². The predicted octanol–water partition coefficient (Wildman–Crippen LogP) is 3.88. The standard InChI is InChI=1S/C15H19NOS/c1-3-4-5-12-6-8-13(9-7-12)15(17)14-10-11(2)16-18-14/h6-10,15,17H,3-5H2,1-2H3/t15-/m0/s1. The molecular weight excluding hydrogens is 242 g/mol. The summed E-state index contributed by atoms with van der Waals surface area (Å²) in [7, 11) is 0. The number of aryl methyl sites for hydroxylation is 2. The third kappa shape index (κ3) is 3.18. The Hall–Kier alpha value is -1.19. The van der Waals surface area contributed by atoms with E-state index in [0.717, 1.165) is 22.6 Å². The van der Waals surface area contributed by atoms with Crippen LogP contribution >= 0.6 is 11.5 Å². The Morgan fingerprint density at radius 3 is 2.56 bits per heavy atom. The van der Waals surface area contributed by atoms with Crippen LogP contribution in [0.15, 0.2) is 30.3 Å². The molecule has 0 aliphatic rings. The van der Waals surface area contributed by atoms with E-state index in [1.54, 1.807) is 0 Å². The van der Waals surface area contributed by atoms with Gasteiger partial charge in [0, 0.05) is 0 Å². The smallest absolute Gasteiger partial charge is 0.115 e. The van der Waals surface area contributed by atoms with Crippen molar-refractivity contribution < 1.29 is 5.11 Å². The Labute approximate surface area is 112 Å². The minimum Gasteiger partial charge on any atom is -0.383 e. The first-order chi connectivity index (χ1) is 8.70. The number of rotatable bonds is 5. The van der Waals surface area contributed by atoms with Crippen LogP contribution in [-0.4, -0.2) is 9.48 Å². The molecule has 0 amide bonds. The monoisotopic (exact) mass is 261 g/mol. The molecule has 0 fully saturated rings. The van der Waals surface area contributed by atoms with E-state index in [-0.39, 0.29) is 0 Å². The molecule has 0 unspecified atom stereocenters. The van der Waals surface area contributed by atoms with Gasteiger partial charge < -0.3 is 5.11 Å². The Bertz CT molecular complexity index is 489. The van der Waals surface area contributed by atoms with Crippen LogP contribution in [0.1, 0.15) is 47.6 Å². The second-order valence-corrected chi connectivity index (χ2v) is 5.45. The van der Waals surface area contributed by atoms with Gasteiger partial charge in [0.05, 0.1) is 10.6 Å². The highest BCUT2D eigenvalue weighted by atomic mass is 32.1. The quantitative estimate of drug-likeness (QED) is 0.886. The van der Waals surface area contributed by atoms with Crippen molar-refractivity contribution in [3.8, 4) is 0 Å². The van der Waals surface area contributed by atoms with Crippen molar-refractivity contribution >= 4 is 11.5 Å². The fraction of sp³-hybridized carbons (Fsp3) is 0.400. The Morgan fingerprint density at radius 1 is 1.28 bits per heavy atom. The fourth-order valence-electron chi connectivity index (χ4n) is 1.92. The number of aliphatic hydroxyl groups excluding tert-OH is 1. The number of unbranched alkanes of at least 4 members (excludes halogenated alkanes) is 1. The molecule has 1 atom stereocenters. The van der Waals surface area contributed by atoms with Crippen LogP contribution in [0.4, 0.5) is 0 Å². The average Bonchev–Trinajstić information content (AvgIpc) is 2.83. The van der Waals surface area contributed by atoms with Crippen molar-refractivity contribution in [2.24, 2.45) is 0 Å². The van der Waals surface area contributed by atoms with Gasteiger partial charge in [-0.25, -0.2) is 0 Å². The fourth-order valence-corrected chi connectivity index (χ4v) is 2.69. The SMILES string of the molecule is CCCCc1ccc([C@H](O)c2cc(C)ns2)cc1. The van der Waals surface area contributed by atoms with Crippen molar-refractivity contribution in [2.75, 3.05) is 0 Å². The zero-order valence-corrected chi connectivity index (χ0v) is 11.7.